The van der Waals surface area contributed by atoms with Crippen molar-refractivity contribution in [3.63, 3.8) is 0 Å². The first kappa shape index (κ1) is 21.1. The van der Waals surface area contributed by atoms with E-state index in [2.05, 4.69) is 0 Å². The minimum Gasteiger partial charge on any atom is -0.493 e. The Balaban J connectivity index is 1.42. The number of aromatic nitrogens is 3. The Morgan fingerprint density at radius 3 is 2.79 bits per heavy atom. The molecule has 170 valence electrons. The molecule has 1 saturated heterocycles. The number of para-hydroxylation sites is 1. The number of likely N-dealkylation sites (tertiary alicyclic amines) is 1. The number of methoxy groups -OCH3 is 2. The lowest BCUT2D eigenvalue weighted by atomic mass is 9.97. The molecular formula is C25H26N4O4. The first-order valence-corrected chi connectivity index (χ1v) is 11.0. The second kappa shape index (κ2) is 8.61. The molecule has 0 bridgehead atoms. The number of fused-ring (bicyclic) bond motifs is 1. The number of hydrogen-bond donors (Lipinski definition) is 0. The Labute approximate surface area is 191 Å². The summed E-state index contributed by atoms with van der Waals surface area (Å²) in [5.41, 5.74) is 3.26. The minimum atomic E-state index is 0.00196. The molecule has 1 fully saturated rings. The first-order valence-electron chi connectivity index (χ1n) is 11.0. The molecule has 0 spiro atoms. The van der Waals surface area contributed by atoms with Crippen LogP contribution in [-0.4, -0.2) is 52.7 Å². The highest BCUT2D eigenvalue weighted by Gasteiger charge is 2.29. The maximum atomic E-state index is 12.9. The molecule has 0 saturated carbocycles. The Hall–Kier alpha value is -3.81. The van der Waals surface area contributed by atoms with Crippen molar-refractivity contribution in [2.24, 2.45) is 0 Å². The van der Waals surface area contributed by atoms with E-state index < -0.39 is 0 Å². The van der Waals surface area contributed by atoms with E-state index in [1.807, 2.05) is 48.4 Å². The van der Waals surface area contributed by atoms with Crippen LogP contribution in [-0.2, 0) is 0 Å². The van der Waals surface area contributed by atoms with E-state index in [4.69, 9.17) is 24.0 Å². The molecule has 4 aromatic rings. The number of hydrogen-bond acceptors (Lipinski definition) is 6. The summed E-state index contributed by atoms with van der Waals surface area (Å²) < 4.78 is 18.1. The maximum absolute atomic E-state index is 12.9. The van der Waals surface area contributed by atoms with Crippen LogP contribution in [0.4, 0.5) is 0 Å². The van der Waals surface area contributed by atoms with Gasteiger partial charge in [0.2, 0.25) is 0 Å². The molecule has 1 unspecified atom stereocenters. The number of carbonyl (C=O) groups excluding carboxylic acids is 1. The third-order valence-corrected chi connectivity index (χ3v) is 6.22. The van der Waals surface area contributed by atoms with Crippen LogP contribution in [0.15, 0.2) is 53.3 Å². The molecule has 1 atom stereocenters. The lowest BCUT2D eigenvalue weighted by Gasteiger charge is -2.31. The van der Waals surface area contributed by atoms with Crippen molar-refractivity contribution in [2.45, 2.75) is 25.7 Å². The van der Waals surface area contributed by atoms with Gasteiger partial charge in [-0.25, -0.2) is 9.50 Å². The van der Waals surface area contributed by atoms with Crippen LogP contribution in [0.3, 0.4) is 0 Å². The molecule has 3 aromatic heterocycles. The summed E-state index contributed by atoms with van der Waals surface area (Å²) in [5, 5.41) is 4.77. The zero-order chi connectivity index (χ0) is 22.9. The number of aryl methyl sites for hydroxylation is 1. The molecule has 8 nitrogen and oxygen atoms in total. The SMILES string of the molecule is COc1cccc(-c2ccc3nc(C4CCCN(C(=O)c5ccoc5C)C4)nn3c2)c1OC. The summed E-state index contributed by atoms with van der Waals surface area (Å²) >= 11 is 0. The molecule has 1 aromatic carbocycles. The van der Waals surface area contributed by atoms with Crippen molar-refractivity contribution in [3.8, 4) is 22.6 Å². The average molecular weight is 447 g/mol. The monoisotopic (exact) mass is 446 g/mol. The molecule has 8 heteroatoms. The fourth-order valence-corrected chi connectivity index (χ4v) is 4.50. The fraction of sp³-hybridized carbons (Fsp3) is 0.320. The van der Waals surface area contributed by atoms with Crippen LogP contribution in [0, 0.1) is 6.92 Å². The van der Waals surface area contributed by atoms with E-state index in [0.29, 0.717) is 29.4 Å². The second-order valence-corrected chi connectivity index (χ2v) is 8.21. The summed E-state index contributed by atoms with van der Waals surface area (Å²) in [7, 11) is 3.26. The van der Waals surface area contributed by atoms with Crippen molar-refractivity contribution in [2.75, 3.05) is 27.3 Å². The van der Waals surface area contributed by atoms with Gasteiger partial charge in [-0.15, -0.1) is 0 Å². The van der Waals surface area contributed by atoms with Crippen LogP contribution in [0.2, 0.25) is 0 Å². The van der Waals surface area contributed by atoms with Gasteiger partial charge in [-0.1, -0.05) is 12.1 Å². The van der Waals surface area contributed by atoms with Crippen molar-refractivity contribution in [1.29, 1.82) is 0 Å². The number of amides is 1. The van der Waals surface area contributed by atoms with Gasteiger partial charge in [-0.05, 0) is 44.0 Å². The topological polar surface area (TPSA) is 82.1 Å². The van der Waals surface area contributed by atoms with Crippen LogP contribution in [0.5, 0.6) is 11.5 Å². The van der Waals surface area contributed by atoms with E-state index >= 15 is 0 Å². The Kier molecular flexibility index (Phi) is 5.50. The number of ether oxygens (including phenoxy) is 2. The molecule has 1 amide bonds. The van der Waals surface area contributed by atoms with Crippen LogP contribution in [0.25, 0.3) is 16.8 Å². The summed E-state index contributed by atoms with van der Waals surface area (Å²) in [6.45, 7) is 3.14. The van der Waals surface area contributed by atoms with E-state index in [-0.39, 0.29) is 11.8 Å². The largest absolute Gasteiger partial charge is 0.493 e. The van der Waals surface area contributed by atoms with Gasteiger partial charge in [0.1, 0.15) is 5.76 Å². The van der Waals surface area contributed by atoms with E-state index in [9.17, 15) is 4.79 Å². The average Bonchev–Trinajstić information content (AvgIpc) is 3.48. The first-order chi connectivity index (χ1) is 16.1. The molecule has 0 N–H and O–H groups in total. The van der Waals surface area contributed by atoms with Gasteiger partial charge in [-0.3, -0.25) is 4.79 Å². The Morgan fingerprint density at radius 2 is 2.03 bits per heavy atom. The lowest BCUT2D eigenvalue weighted by molar-refractivity contribution is 0.0703. The normalized spacial score (nSPS) is 16.2. The number of benzene rings is 1. The van der Waals surface area contributed by atoms with Gasteiger partial charge in [0.15, 0.2) is 23.0 Å². The number of nitrogens with zero attached hydrogens (tertiary/aromatic N) is 4. The smallest absolute Gasteiger partial charge is 0.257 e. The summed E-state index contributed by atoms with van der Waals surface area (Å²) in [4.78, 5) is 19.6. The summed E-state index contributed by atoms with van der Waals surface area (Å²) in [6, 6.07) is 11.5. The maximum Gasteiger partial charge on any atom is 0.257 e. The van der Waals surface area contributed by atoms with Crippen molar-refractivity contribution < 1.29 is 18.7 Å². The zero-order valence-electron chi connectivity index (χ0n) is 18.9. The predicted molar refractivity (Wildman–Crippen MR) is 123 cm³/mol. The molecule has 4 heterocycles. The Morgan fingerprint density at radius 1 is 1.15 bits per heavy atom. The third kappa shape index (κ3) is 3.82. The highest BCUT2D eigenvalue weighted by molar-refractivity contribution is 5.95. The zero-order valence-corrected chi connectivity index (χ0v) is 18.9. The standard InChI is InChI=1S/C25H26N4O4/c1-16-19(11-13-33-16)25(30)28-12-5-6-18(14-28)24-26-22-10-9-17(15-29(22)27-24)20-7-4-8-21(31-2)23(20)32-3/h4,7-11,13,15,18H,5-6,12,14H2,1-3H3. The van der Waals surface area contributed by atoms with Gasteiger partial charge in [0.25, 0.3) is 5.91 Å². The van der Waals surface area contributed by atoms with E-state index in [0.717, 1.165) is 42.0 Å². The summed E-state index contributed by atoms with van der Waals surface area (Å²) in [5.74, 6) is 2.84. The molecular weight excluding hydrogens is 420 g/mol. The molecule has 1 aliphatic heterocycles. The van der Waals surface area contributed by atoms with Gasteiger partial charge >= 0.3 is 0 Å². The number of pyridine rings is 1. The van der Waals surface area contributed by atoms with Gasteiger partial charge < -0.3 is 18.8 Å². The van der Waals surface area contributed by atoms with Crippen molar-refractivity contribution in [1.82, 2.24) is 19.5 Å². The van der Waals surface area contributed by atoms with Crippen molar-refractivity contribution in [3.05, 3.63) is 66.0 Å². The number of carbonyl (C=O) groups is 1. The van der Waals surface area contributed by atoms with Crippen molar-refractivity contribution >= 4 is 11.6 Å². The van der Waals surface area contributed by atoms with E-state index in [1.54, 1.807) is 31.1 Å². The number of rotatable bonds is 5. The van der Waals surface area contributed by atoms with Gasteiger partial charge in [-0.2, -0.15) is 5.10 Å². The van der Waals surface area contributed by atoms with Crippen LogP contribution in [0.1, 0.15) is 40.7 Å². The fourth-order valence-electron chi connectivity index (χ4n) is 4.50. The Bertz CT molecular complexity index is 1310. The van der Waals surface area contributed by atoms with Gasteiger partial charge in [0.05, 0.1) is 26.0 Å². The second-order valence-electron chi connectivity index (χ2n) is 8.21. The molecule has 0 radical (unpaired) electrons. The number of piperidine rings is 1. The van der Waals surface area contributed by atoms with E-state index in [1.165, 1.54) is 0 Å². The van der Waals surface area contributed by atoms with Crippen LogP contribution < -0.4 is 9.47 Å². The molecule has 33 heavy (non-hydrogen) atoms. The summed E-state index contributed by atoms with van der Waals surface area (Å²) in [6.07, 6.45) is 5.36. The highest BCUT2D eigenvalue weighted by Crippen LogP contribution is 2.38. The molecule has 0 aliphatic carbocycles. The molecule has 1 aliphatic rings. The number of furan rings is 1. The predicted octanol–water partition coefficient (Wildman–Crippen LogP) is 4.33. The quantitative estimate of drug-likeness (QED) is 0.454. The van der Waals surface area contributed by atoms with Gasteiger partial charge in [0, 0.05) is 36.3 Å². The minimum absolute atomic E-state index is 0.00196. The lowest BCUT2D eigenvalue weighted by Crippen LogP contribution is -2.39. The van der Waals surface area contributed by atoms with Crippen LogP contribution >= 0.6 is 0 Å². The third-order valence-electron chi connectivity index (χ3n) is 6.22. The highest BCUT2D eigenvalue weighted by atomic mass is 16.5. The molecule has 5 rings (SSSR count).